The van der Waals surface area contributed by atoms with Crippen LogP contribution < -0.4 is 16.2 Å². The van der Waals surface area contributed by atoms with E-state index in [1.807, 2.05) is 18.3 Å². The molecule has 36 heavy (non-hydrogen) atoms. The van der Waals surface area contributed by atoms with Gasteiger partial charge in [0.05, 0.1) is 11.1 Å². The van der Waals surface area contributed by atoms with Gasteiger partial charge in [0, 0.05) is 30.5 Å². The Morgan fingerprint density at radius 2 is 1.94 bits per heavy atom. The van der Waals surface area contributed by atoms with Crippen LogP contribution in [0.4, 0.5) is 5.69 Å². The molecule has 3 aliphatic heterocycles. The van der Waals surface area contributed by atoms with E-state index in [1.54, 1.807) is 0 Å². The summed E-state index contributed by atoms with van der Waals surface area (Å²) in [4.78, 5) is 20.2. The molecule has 3 N–H and O–H groups in total. The van der Waals surface area contributed by atoms with Crippen LogP contribution in [0.2, 0.25) is 0 Å². The zero-order valence-corrected chi connectivity index (χ0v) is 21.0. The van der Waals surface area contributed by atoms with Crippen LogP contribution in [0.3, 0.4) is 0 Å². The fraction of sp³-hybridized carbons (Fsp3) is 0.533. The van der Waals surface area contributed by atoms with Gasteiger partial charge in [-0.1, -0.05) is 42.8 Å². The first kappa shape index (κ1) is 22.6. The van der Waals surface area contributed by atoms with Crippen LogP contribution in [0.5, 0.6) is 0 Å². The first-order valence-corrected chi connectivity index (χ1v) is 14.0. The van der Waals surface area contributed by atoms with Crippen LogP contribution in [-0.2, 0) is 16.8 Å². The average Bonchev–Trinajstić information content (AvgIpc) is 3.45. The number of para-hydroxylation sites is 1. The first-order chi connectivity index (χ1) is 17.7. The number of amides is 1. The van der Waals surface area contributed by atoms with Gasteiger partial charge in [0.2, 0.25) is 5.91 Å². The lowest BCUT2D eigenvalue weighted by molar-refractivity contribution is -0.118. The number of carbonyl (C=O) groups is 1. The summed E-state index contributed by atoms with van der Waals surface area (Å²) in [5, 5.41) is 3.15. The number of aromatic nitrogens is 1. The van der Waals surface area contributed by atoms with Gasteiger partial charge in [0.1, 0.15) is 0 Å². The van der Waals surface area contributed by atoms with E-state index >= 15 is 0 Å². The highest BCUT2D eigenvalue weighted by atomic mass is 16.2. The zero-order valence-electron chi connectivity index (χ0n) is 21.0. The number of fused-ring (bicyclic) bond motifs is 3. The van der Waals surface area contributed by atoms with Crippen LogP contribution in [0.15, 0.2) is 48.7 Å². The van der Waals surface area contributed by atoms with Crippen LogP contribution in [0, 0.1) is 17.8 Å². The van der Waals surface area contributed by atoms with Gasteiger partial charge in [-0.2, -0.15) is 0 Å². The predicted molar refractivity (Wildman–Crippen MR) is 142 cm³/mol. The van der Waals surface area contributed by atoms with E-state index in [4.69, 9.17) is 4.98 Å². The van der Waals surface area contributed by atoms with E-state index in [-0.39, 0.29) is 11.3 Å². The summed E-state index contributed by atoms with van der Waals surface area (Å²) >= 11 is 0. The van der Waals surface area contributed by atoms with E-state index in [9.17, 15) is 4.79 Å². The molecule has 6 heteroatoms. The number of carbonyl (C=O) groups excluding carboxylic acids is 1. The molecular weight excluding hydrogens is 446 g/mol. The van der Waals surface area contributed by atoms with Crippen LogP contribution in [0.25, 0.3) is 6.08 Å². The van der Waals surface area contributed by atoms with E-state index < -0.39 is 0 Å². The van der Waals surface area contributed by atoms with Crippen molar-refractivity contribution in [3.8, 4) is 0 Å². The number of benzene rings is 1. The van der Waals surface area contributed by atoms with Crippen molar-refractivity contribution < 1.29 is 4.79 Å². The standard InChI is InChI=1S/C30H37N5O/c36-29-30(24-6-2-3-7-27(24)32-29)17-25(30)21-10-12-23-26(33-34-28(23)16-21)13-9-20-8-11-22(31-18-20)19-35-14-4-1-5-15-35/h2-3,6-9,11,13,18,21,23,25-26,28,33-34H,1,4-5,10,12,14-17,19H2,(H,32,36)/b13-9+/t21?,23?,25-,26?,28?,30-/m0/s1. The van der Waals surface area contributed by atoms with Gasteiger partial charge in [-0.05, 0) is 92.6 Å². The summed E-state index contributed by atoms with van der Waals surface area (Å²) in [7, 11) is 0. The summed E-state index contributed by atoms with van der Waals surface area (Å²) in [6, 6.07) is 13.5. The first-order valence-electron chi connectivity index (χ1n) is 14.0. The van der Waals surface area contributed by atoms with E-state index in [2.05, 4.69) is 57.5 Å². The van der Waals surface area contributed by atoms with Crippen molar-refractivity contribution in [1.29, 1.82) is 0 Å². The number of nitrogens with one attached hydrogen (secondary N) is 3. The number of nitrogens with zero attached hydrogens (tertiary/aromatic N) is 2. The van der Waals surface area contributed by atoms with Crippen LogP contribution >= 0.6 is 0 Å². The maximum atomic E-state index is 12.9. The second kappa shape index (κ2) is 9.09. The molecule has 0 bridgehead atoms. The molecule has 7 rings (SSSR count). The molecule has 4 heterocycles. The second-order valence-electron chi connectivity index (χ2n) is 11.7. The maximum absolute atomic E-state index is 12.9. The molecule has 1 aromatic carbocycles. The Hall–Kier alpha value is -2.54. The minimum Gasteiger partial charge on any atom is -0.325 e. The Kier molecular flexibility index (Phi) is 5.72. The second-order valence-corrected chi connectivity index (χ2v) is 11.7. The number of piperidine rings is 1. The number of anilines is 1. The lowest BCUT2D eigenvalue weighted by atomic mass is 9.73. The van der Waals surface area contributed by atoms with Crippen molar-refractivity contribution in [3.63, 3.8) is 0 Å². The van der Waals surface area contributed by atoms with Crippen LogP contribution in [-0.4, -0.2) is 41.0 Å². The van der Waals surface area contributed by atoms with E-state index in [1.165, 1.54) is 62.0 Å². The third-order valence-electron chi connectivity index (χ3n) is 9.66. The normalized spacial score (nSPS) is 35.7. The molecule has 2 saturated carbocycles. The number of hydrogen-bond donors (Lipinski definition) is 3. The summed E-state index contributed by atoms with van der Waals surface area (Å²) < 4.78 is 0. The van der Waals surface area contributed by atoms with E-state index in [0.29, 0.717) is 29.8 Å². The van der Waals surface area contributed by atoms with Crippen molar-refractivity contribution in [2.75, 3.05) is 18.4 Å². The van der Waals surface area contributed by atoms with Gasteiger partial charge in [0.25, 0.3) is 0 Å². The van der Waals surface area contributed by atoms with Crippen molar-refractivity contribution in [2.45, 2.75) is 69.0 Å². The molecule has 5 aliphatic rings. The Labute approximate surface area is 213 Å². The minimum atomic E-state index is -0.257. The van der Waals surface area contributed by atoms with Crippen molar-refractivity contribution >= 4 is 17.7 Å². The summed E-state index contributed by atoms with van der Waals surface area (Å²) in [6.07, 6.45) is 15.1. The highest BCUT2D eigenvalue weighted by Crippen LogP contribution is 2.64. The Balaban J connectivity index is 0.958. The highest BCUT2D eigenvalue weighted by molar-refractivity contribution is 6.08. The van der Waals surface area contributed by atoms with E-state index in [0.717, 1.165) is 25.1 Å². The molecule has 0 radical (unpaired) electrons. The Morgan fingerprint density at radius 1 is 1.06 bits per heavy atom. The molecule has 2 aliphatic carbocycles. The monoisotopic (exact) mass is 483 g/mol. The number of hydrazine groups is 1. The van der Waals surface area contributed by atoms with Gasteiger partial charge in [0.15, 0.2) is 0 Å². The van der Waals surface area contributed by atoms with Crippen molar-refractivity contribution in [1.82, 2.24) is 20.7 Å². The summed E-state index contributed by atoms with van der Waals surface area (Å²) in [5.74, 6) is 1.91. The number of pyridine rings is 1. The molecule has 6 atom stereocenters. The van der Waals surface area contributed by atoms with Gasteiger partial charge >= 0.3 is 0 Å². The third-order valence-corrected chi connectivity index (χ3v) is 9.66. The van der Waals surface area contributed by atoms with Gasteiger partial charge < -0.3 is 5.32 Å². The smallest absolute Gasteiger partial charge is 0.235 e. The maximum Gasteiger partial charge on any atom is 0.235 e. The number of hydrogen-bond acceptors (Lipinski definition) is 5. The lowest BCUT2D eigenvalue weighted by Gasteiger charge is -2.33. The summed E-state index contributed by atoms with van der Waals surface area (Å²) in [5.41, 5.74) is 11.5. The predicted octanol–water partition coefficient (Wildman–Crippen LogP) is 4.25. The van der Waals surface area contributed by atoms with Crippen molar-refractivity contribution in [3.05, 3.63) is 65.5 Å². The zero-order chi connectivity index (χ0) is 24.1. The fourth-order valence-corrected chi connectivity index (χ4v) is 7.64. The molecule has 1 aromatic heterocycles. The Bertz CT molecular complexity index is 1160. The molecule has 1 spiro atoms. The summed E-state index contributed by atoms with van der Waals surface area (Å²) in [6.45, 7) is 3.38. The largest absolute Gasteiger partial charge is 0.325 e. The average molecular weight is 484 g/mol. The molecule has 4 unspecified atom stereocenters. The number of rotatable bonds is 5. The SMILES string of the molecule is O=C1Nc2ccccc2[C@]12C[C@H]2C1CCC2C(/C=C/c3ccc(CN4CCCCC4)nc3)NNC2C1. The molecular formula is C30H37N5O. The molecule has 1 amide bonds. The van der Waals surface area contributed by atoms with Crippen LogP contribution in [0.1, 0.15) is 61.8 Å². The fourth-order valence-electron chi connectivity index (χ4n) is 7.64. The molecule has 4 fully saturated rings. The number of likely N-dealkylation sites (tertiary alicyclic amines) is 1. The van der Waals surface area contributed by atoms with Gasteiger partial charge in [-0.3, -0.25) is 25.5 Å². The minimum absolute atomic E-state index is 0.227. The third kappa shape index (κ3) is 3.90. The Morgan fingerprint density at radius 3 is 2.81 bits per heavy atom. The molecule has 2 aromatic rings. The van der Waals surface area contributed by atoms with Crippen molar-refractivity contribution in [2.24, 2.45) is 17.8 Å². The highest BCUT2D eigenvalue weighted by Gasteiger charge is 2.67. The molecule has 6 nitrogen and oxygen atoms in total. The molecule has 2 saturated heterocycles. The van der Waals surface area contributed by atoms with Gasteiger partial charge in [-0.15, -0.1) is 0 Å². The van der Waals surface area contributed by atoms with Gasteiger partial charge in [-0.25, -0.2) is 0 Å². The topological polar surface area (TPSA) is 69.3 Å². The quantitative estimate of drug-likeness (QED) is 0.593. The lowest BCUT2D eigenvalue weighted by Crippen LogP contribution is -2.37. The molecule has 188 valence electrons.